The molecule has 0 atom stereocenters. The van der Waals surface area contributed by atoms with E-state index >= 15 is 0 Å². The highest BCUT2D eigenvalue weighted by molar-refractivity contribution is 5.93. The number of phenols is 1. The third kappa shape index (κ3) is 3.34. The molecule has 0 amide bonds. The van der Waals surface area contributed by atoms with Gasteiger partial charge in [-0.3, -0.25) is 0 Å². The van der Waals surface area contributed by atoms with Crippen molar-refractivity contribution < 1.29 is 24.5 Å². The number of H-pyrrole nitrogens is 1. The summed E-state index contributed by atoms with van der Waals surface area (Å²) in [7, 11) is 3.18. The normalized spacial score (nSPS) is 10.8. The Balaban J connectivity index is 1.84. The van der Waals surface area contributed by atoms with Gasteiger partial charge in [0.15, 0.2) is 0 Å². The van der Waals surface area contributed by atoms with Gasteiger partial charge in [-0.05, 0) is 54.1 Å². The van der Waals surface area contributed by atoms with Crippen LogP contribution in [0.1, 0.15) is 10.4 Å². The summed E-state index contributed by atoms with van der Waals surface area (Å²) < 4.78 is 10.8. The molecule has 0 saturated heterocycles. The number of nitrogens with one attached hydrogen (secondary N) is 1. The number of hydrogen-bond donors (Lipinski definition) is 3. The van der Waals surface area contributed by atoms with Crippen molar-refractivity contribution in [2.24, 2.45) is 0 Å². The van der Waals surface area contributed by atoms with Gasteiger partial charge in [-0.2, -0.15) is 0 Å². The molecule has 1 heterocycles. The second-order valence-electron chi connectivity index (χ2n) is 6.42. The van der Waals surface area contributed by atoms with Gasteiger partial charge in [-0.15, -0.1) is 0 Å². The van der Waals surface area contributed by atoms with E-state index in [1.807, 2.05) is 18.2 Å². The second kappa shape index (κ2) is 7.20. The molecule has 0 radical (unpaired) electrons. The van der Waals surface area contributed by atoms with Crippen molar-refractivity contribution >= 4 is 17.0 Å². The monoisotopic (exact) mass is 390 g/mol. The summed E-state index contributed by atoms with van der Waals surface area (Å²) in [5, 5.41) is 19.6. The molecule has 7 heteroatoms. The van der Waals surface area contributed by atoms with Crippen LogP contribution in [-0.4, -0.2) is 40.4 Å². The van der Waals surface area contributed by atoms with Gasteiger partial charge < -0.3 is 24.7 Å². The van der Waals surface area contributed by atoms with Crippen LogP contribution in [0, 0.1) is 0 Å². The van der Waals surface area contributed by atoms with E-state index < -0.39 is 5.97 Å². The average molecular weight is 390 g/mol. The molecule has 146 valence electrons. The van der Waals surface area contributed by atoms with E-state index in [1.54, 1.807) is 38.5 Å². The van der Waals surface area contributed by atoms with Gasteiger partial charge >= 0.3 is 5.97 Å². The van der Waals surface area contributed by atoms with Crippen LogP contribution in [0.3, 0.4) is 0 Å². The molecule has 0 spiro atoms. The highest BCUT2D eigenvalue weighted by atomic mass is 16.5. The van der Waals surface area contributed by atoms with Crippen molar-refractivity contribution in [1.82, 2.24) is 9.97 Å². The molecule has 0 unspecified atom stereocenters. The number of ether oxygens (including phenoxy) is 2. The Kier molecular flexibility index (Phi) is 4.56. The van der Waals surface area contributed by atoms with Crippen LogP contribution >= 0.6 is 0 Å². The number of fused-ring (bicyclic) bond motifs is 1. The number of aromatic amines is 1. The van der Waals surface area contributed by atoms with Crippen molar-refractivity contribution in [3.05, 3.63) is 60.2 Å². The number of benzene rings is 3. The highest BCUT2D eigenvalue weighted by Gasteiger charge is 2.15. The number of aromatic carboxylic acids is 1. The zero-order valence-electron chi connectivity index (χ0n) is 15.8. The maximum Gasteiger partial charge on any atom is 0.335 e. The number of carboxylic acid groups (broad SMARTS) is 1. The second-order valence-corrected chi connectivity index (χ2v) is 6.42. The van der Waals surface area contributed by atoms with Crippen LogP contribution in [0.25, 0.3) is 33.5 Å². The van der Waals surface area contributed by atoms with Crippen LogP contribution in [-0.2, 0) is 0 Å². The zero-order chi connectivity index (χ0) is 20.5. The van der Waals surface area contributed by atoms with Gasteiger partial charge in [0.1, 0.15) is 23.1 Å². The quantitative estimate of drug-likeness (QED) is 0.469. The number of carboxylic acids is 1. The Morgan fingerprint density at radius 1 is 0.966 bits per heavy atom. The lowest BCUT2D eigenvalue weighted by molar-refractivity contribution is 0.0697. The fraction of sp³-hybridized carbons (Fsp3) is 0.0909. The highest BCUT2D eigenvalue weighted by Crippen LogP contribution is 2.38. The summed E-state index contributed by atoms with van der Waals surface area (Å²) in [5.74, 6) is 0.813. The molecule has 3 aromatic carbocycles. The first-order valence-corrected chi connectivity index (χ1v) is 8.79. The molecule has 4 rings (SSSR count). The number of phenolic OH excluding ortho intramolecular Hbond substituents is 1. The summed E-state index contributed by atoms with van der Waals surface area (Å²) in [6.45, 7) is 0. The topological polar surface area (TPSA) is 105 Å². The molecule has 0 bridgehead atoms. The van der Waals surface area contributed by atoms with Gasteiger partial charge in [0, 0.05) is 5.56 Å². The number of methoxy groups -OCH3 is 2. The Hall–Kier alpha value is -4.00. The summed E-state index contributed by atoms with van der Waals surface area (Å²) >= 11 is 0. The molecular weight excluding hydrogens is 372 g/mol. The SMILES string of the molecule is COc1ccc(OC)c(-c2ccc(O)c(-c3nc4ccc(C(=O)O)cc4[nH]3)c2)c1. The van der Waals surface area contributed by atoms with Crippen LogP contribution in [0.4, 0.5) is 0 Å². The Morgan fingerprint density at radius 3 is 2.52 bits per heavy atom. The van der Waals surface area contributed by atoms with E-state index in [1.165, 1.54) is 12.1 Å². The van der Waals surface area contributed by atoms with Gasteiger partial charge in [0.25, 0.3) is 0 Å². The minimum absolute atomic E-state index is 0.0492. The molecule has 3 N–H and O–H groups in total. The molecule has 29 heavy (non-hydrogen) atoms. The molecular formula is C22H18N2O5. The van der Waals surface area contributed by atoms with Gasteiger partial charge in [-0.25, -0.2) is 9.78 Å². The molecule has 0 aliphatic heterocycles. The van der Waals surface area contributed by atoms with E-state index in [4.69, 9.17) is 9.47 Å². The van der Waals surface area contributed by atoms with Crippen LogP contribution < -0.4 is 9.47 Å². The fourth-order valence-electron chi connectivity index (χ4n) is 3.20. The van der Waals surface area contributed by atoms with Gasteiger partial charge in [0.05, 0.1) is 36.4 Å². The Bertz CT molecular complexity index is 1230. The van der Waals surface area contributed by atoms with E-state index in [2.05, 4.69) is 9.97 Å². The van der Waals surface area contributed by atoms with Crippen molar-refractivity contribution in [3.8, 4) is 39.8 Å². The zero-order valence-corrected chi connectivity index (χ0v) is 15.8. The van der Waals surface area contributed by atoms with Crippen LogP contribution in [0.2, 0.25) is 0 Å². The molecule has 7 nitrogen and oxygen atoms in total. The minimum Gasteiger partial charge on any atom is -0.507 e. The molecule has 0 fully saturated rings. The lowest BCUT2D eigenvalue weighted by atomic mass is 10.0. The maximum atomic E-state index is 11.2. The largest absolute Gasteiger partial charge is 0.507 e. The number of hydrogen-bond acceptors (Lipinski definition) is 5. The van der Waals surface area contributed by atoms with Gasteiger partial charge in [0.2, 0.25) is 0 Å². The minimum atomic E-state index is -1.02. The third-order valence-electron chi connectivity index (χ3n) is 4.70. The van der Waals surface area contributed by atoms with Crippen molar-refractivity contribution in [2.75, 3.05) is 14.2 Å². The predicted molar refractivity (Wildman–Crippen MR) is 109 cm³/mol. The molecule has 4 aromatic rings. The summed E-state index contributed by atoms with van der Waals surface area (Å²) in [5.41, 5.74) is 3.43. The first kappa shape index (κ1) is 18.4. The maximum absolute atomic E-state index is 11.2. The van der Waals surface area contributed by atoms with E-state index in [9.17, 15) is 15.0 Å². The van der Waals surface area contributed by atoms with Gasteiger partial charge in [-0.1, -0.05) is 6.07 Å². The van der Waals surface area contributed by atoms with E-state index in [0.717, 1.165) is 11.1 Å². The molecule has 0 saturated carbocycles. The first-order valence-electron chi connectivity index (χ1n) is 8.79. The van der Waals surface area contributed by atoms with Crippen molar-refractivity contribution in [2.45, 2.75) is 0 Å². The Morgan fingerprint density at radius 2 is 1.79 bits per heavy atom. The summed E-state index contributed by atoms with van der Waals surface area (Å²) in [6, 6.07) is 15.3. The van der Waals surface area contributed by atoms with Crippen LogP contribution in [0.15, 0.2) is 54.6 Å². The number of aromatic hydroxyl groups is 1. The Labute approximate surface area is 166 Å². The number of carbonyl (C=O) groups is 1. The predicted octanol–water partition coefficient (Wildman–Crippen LogP) is 4.32. The number of imidazole rings is 1. The summed E-state index contributed by atoms with van der Waals surface area (Å²) in [4.78, 5) is 18.8. The first-order chi connectivity index (χ1) is 14.0. The lowest BCUT2D eigenvalue weighted by Crippen LogP contribution is -1.94. The van der Waals surface area contributed by atoms with Crippen molar-refractivity contribution in [3.63, 3.8) is 0 Å². The fourth-order valence-corrected chi connectivity index (χ4v) is 3.20. The van der Waals surface area contributed by atoms with Crippen molar-refractivity contribution in [1.29, 1.82) is 0 Å². The van der Waals surface area contributed by atoms with E-state index in [0.29, 0.717) is 33.9 Å². The smallest absolute Gasteiger partial charge is 0.335 e. The number of rotatable bonds is 5. The third-order valence-corrected chi connectivity index (χ3v) is 4.70. The summed E-state index contributed by atoms with van der Waals surface area (Å²) in [6.07, 6.45) is 0. The number of aromatic nitrogens is 2. The standard InChI is InChI=1S/C22H18N2O5/c1-28-14-5-8-20(29-2)15(11-14)12-4-7-19(25)16(9-12)21-23-17-6-3-13(22(26)27)10-18(17)24-21/h3-11,25H,1-2H3,(H,23,24)(H,26,27). The molecule has 1 aromatic heterocycles. The van der Waals surface area contributed by atoms with E-state index in [-0.39, 0.29) is 11.3 Å². The lowest BCUT2D eigenvalue weighted by Gasteiger charge is -2.12. The average Bonchev–Trinajstić information content (AvgIpc) is 3.16. The molecule has 0 aliphatic rings. The van der Waals surface area contributed by atoms with Crippen LogP contribution in [0.5, 0.6) is 17.2 Å². The molecule has 0 aliphatic carbocycles. The number of nitrogens with zero attached hydrogens (tertiary/aromatic N) is 1.